The first-order chi connectivity index (χ1) is 8.69. The fourth-order valence-electron chi connectivity index (χ4n) is 1.60. The summed E-state index contributed by atoms with van der Waals surface area (Å²) in [4.78, 5) is 3.96. The van der Waals surface area contributed by atoms with E-state index in [0.717, 1.165) is 17.7 Å². The van der Waals surface area contributed by atoms with Crippen molar-refractivity contribution >= 4 is 11.6 Å². The van der Waals surface area contributed by atoms with Crippen molar-refractivity contribution in [3.05, 3.63) is 53.3 Å². The summed E-state index contributed by atoms with van der Waals surface area (Å²) in [5.74, 6) is 1.36. The van der Waals surface area contributed by atoms with E-state index >= 15 is 0 Å². The first kappa shape index (κ1) is 12.9. The molecule has 0 fully saturated rings. The number of rotatable bonds is 4. The van der Waals surface area contributed by atoms with E-state index in [-0.39, 0.29) is 6.04 Å². The van der Waals surface area contributed by atoms with Crippen LogP contribution in [-0.2, 0) is 0 Å². The van der Waals surface area contributed by atoms with Crippen LogP contribution in [0.2, 0.25) is 5.02 Å². The lowest BCUT2D eigenvalue weighted by atomic mass is 10.1. The zero-order chi connectivity index (χ0) is 13.0. The Morgan fingerprint density at radius 3 is 2.56 bits per heavy atom. The molecule has 1 aromatic carbocycles. The molecule has 0 aliphatic rings. The van der Waals surface area contributed by atoms with Crippen LogP contribution in [0.1, 0.15) is 24.9 Å². The number of nitrogens with two attached hydrogens (primary N) is 1. The molecule has 94 valence electrons. The predicted octanol–water partition coefficient (Wildman–Crippen LogP) is 3.94. The summed E-state index contributed by atoms with van der Waals surface area (Å²) in [5, 5.41) is 0.553. The van der Waals surface area contributed by atoms with E-state index in [1.165, 1.54) is 0 Å². The third kappa shape index (κ3) is 3.22. The average Bonchev–Trinajstić information content (AvgIpc) is 2.39. The first-order valence-electron chi connectivity index (χ1n) is 5.83. The van der Waals surface area contributed by atoms with E-state index in [0.29, 0.717) is 10.8 Å². The van der Waals surface area contributed by atoms with Crippen molar-refractivity contribution in [2.45, 2.75) is 19.4 Å². The molecular formula is C14H15ClN2O. The number of ether oxygens (including phenoxy) is 1. The van der Waals surface area contributed by atoms with Gasteiger partial charge in [-0.15, -0.1) is 0 Å². The number of hydrogen-bond donors (Lipinski definition) is 1. The van der Waals surface area contributed by atoms with Gasteiger partial charge >= 0.3 is 0 Å². The minimum Gasteiger partial charge on any atom is -0.456 e. The highest BCUT2D eigenvalue weighted by molar-refractivity contribution is 6.30. The summed E-state index contributed by atoms with van der Waals surface area (Å²) in [7, 11) is 0. The van der Waals surface area contributed by atoms with Gasteiger partial charge in [-0.25, -0.2) is 0 Å². The van der Waals surface area contributed by atoms with Gasteiger partial charge in [-0.05, 0) is 24.1 Å². The number of pyridine rings is 1. The lowest BCUT2D eigenvalue weighted by Gasteiger charge is -2.10. The van der Waals surface area contributed by atoms with E-state index in [9.17, 15) is 0 Å². The Bertz CT molecular complexity index is 513. The SMILES string of the molecule is CC[C@H](N)c1ccc(Oc2cncc(Cl)c2)cc1. The summed E-state index contributed by atoms with van der Waals surface area (Å²) in [6, 6.07) is 9.53. The van der Waals surface area contributed by atoms with Crippen molar-refractivity contribution in [2.24, 2.45) is 5.73 Å². The summed E-state index contributed by atoms with van der Waals surface area (Å²) in [6.07, 6.45) is 4.10. The van der Waals surface area contributed by atoms with Crippen LogP contribution in [0.3, 0.4) is 0 Å². The summed E-state index contributed by atoms with van der Waals surface area (Å²) >= 11 is 5.84. The van der Waals surface area contributed by atoms with Crippen LogP contribution in [0.25, 0.3) is 0 Å². The Morgan fingerprint density at radius 1 is 1.22 bits per heavy atom. The standard InChI is InChI=1S/C14H15ClN2O/c1-2-14(16)10-3-5-12(6-4-10)18-13-7-11(15)8-17-9-13/h3-9,14H,2,16H2,1H3/t14-/m0/s1. The first-order valence-corrected chi connectivity index (χ1v) is 6.21. The smallest absolute Gasteiger partial charge is 0.147 e. The van der Waals surface area contributed by atoms with Crippen LogP contribution in [0, 0.1) is 0 Å². The van der Waals surface area contributed by atoms with Gasteiger partial charge in [0.15, 0.2) is 0 Å². The van der Waals surface area contributed by atoms with Crippen LogP contribution in [0.15, 0.2) is 42.7 Å². The van der Waals surface area contributed by atoms with Gasteiger partial charge in [0, 0.05) is 18.3 Å². The summed E-state index contributed by atoms with van der Waals surface area (Å²) < 4.78 is 5.64. The zero-order valence-corrected chi connectivity index (χ0v) is 10.9. The Hall–Kier alpha value is -1.58. The van der Waals surface area contributed by atoms with Gasteiger partial charge in [0.25, 0.3) is 0 Å². The lowest BCUT2D eigenvalue weighted by Crippen LogP contribution is -2.07. The third-order valence-electron chi connectivity index (χ3n) is 2.66. The van der Waals surface area contributed by atoms with E-state index in [4.69, 9.17) is 22.1 Å². The highest BCUT2D eigenvalue weighted by Gasteiger charge is 2.04. The fourth-order valence-corrected chi connectivity index (χ4v) is 1.77. The molecule has 0 aliphatic heterocycles. The maximum Gasteiger partial charge on any atom is 0.147 e. The quantitative estimate of drug-likeness (QED) is 0.908. The molecule has 0 amide bonds. The van der Waals surface area contributed by atoms with Crippen LogP contribution < -0.4 is 10.5 Å². The molecule has 2 rings (SSSR count). The largest absolute Gasteiger partial charge is 0.456 e. The maximum atomic E-state index is 5.95. The molecule has 1 heterocycles. The van der Waals surface area contributed by atoms with Gasteiger partial charge in [0.1, 0.15) is 11.5 Å². The lowest BCUT2D eigenvalue weighted by molar-refractivity contribution is 0.480. The van der Waals surface area contributed by atoms with Gasteiger partial charge < -0.3 is 10.5 Å². The Balaban J connectivity index is 2.11. The second-order valence-electron chi connectivity index (χ2n) is 4.02. The third-order valence-corrected chi connectivity index (χ3v) is 2.87. The molecule has 2 N–H and O–H groups in total. The zero-order valence-electron chi connectivity index (χ0n) is 10.1. The summed E-state index contributed by atoms with van der Waals surface area (Å²) in [5.41, 5.74) is 7.05. The number of nitrogens with zero attached hydrogens (tertiary/aromatic N) is 1. The molecule has 0 saturated carbocycles. The van der Waals surface area contributed by atoms with E-state index in [1.54, 1.807) is 18.5 Å². The molecule has 0 radical (unpaired) electrons. The number of halogens is 1. The average molecular weight is 263 g/mol. The predicted molar refractivity (Wildman–Crippen MR) is 73.0 cm³/mol. The van der Waals surface area contributed by atoms with Gasteiger partial charge in [0.05, 0.1) is 11.2 Å². The second-order valence-corrected chi connectivity index (χ2v) is 4.46. The van der Waals surface area contributed by atoms with Crippen molar-refractivity contribution in [3.63, 3.8) is 0 Å². The Kier molecular flexibility index (Phi) is 4.18. The van der Waals surface area contributed by atoms with Crippen LogP contribution >= 0.6 is 11.6 Å². The molecule has 2 aromatic rings. The van der Waals surface area contributed by atoms with E-state index in [1.807, 2.05) is 24.3 Å². The molecule has 18 heavy (non-hydrogen) atoms. The monoisotopic (exact) mass is 262 g/mol. The van der Waals surface area contributed by atoms with Gasteiger partial charge in [0.2, 0.25) is 0 Å². The molecule has 0 unspecified atom stereocenters. The molecule has 0 saturated heterocycles. The number of benzene rings is 1. The Morgan fingerprint density at radius 2 is 1.94 bits per heavy atom. The minimum absolute atomic E-state index is 0.0758. The van der Waals surface area contributed by atoms with Crippen LogP contribution in [0.4, 0.5) is 0 Å². The van der Waals surface area contributed by atoms with Crippen molar-refractivity contribution in [2.75, 3.05) is 0 Å². The highest BCUT2D eigenvalue weighted by Crippen LogP contribution is 2.24. The van der Waals surface area contributed by atoms with Crippen molar-refractivity contribution in [1.82, 2.24) is 4.98 Å². The molecule has 3 nitrogen and oxygen atoms in total. The van der Waals surface area contributed by atoms with Gasteiger partial charge in [-0.2, -0.15) is 0 Å². The molecular weight excluding hydrogens is 248 g/mol. The second kappa shape index (κ2) is 5.85. The van der Waals surface area contributed by atoms with Crippen LogP contribution in [0.5, 0.6) is 11.5 Å². The maximum absolute atomic E-state index is 5.95. The highest BCUT2D eigenvalue weighted by atomic mass is 35.5. The van der Waals surface area contributed by atoms with Crippen molar-refractivity contribution < 1.29 is 4.74 Å². The molecule has 0 spiro atoms. The van der Waals surface area contributed by atoms with Crippen molar-refractivity contribution in [3.8, 4) is 11.5 Å². The fraction of sp³-hybridized carbons (Fsp3) is 0.214. The topological polar surface area (TPSA) is 48.1 Å². The normalized spacial score (nSPS) is 12.2. The molecule has 1 atom stereocenters. The van der Waals surface area contributed by atoms with Gasteiger partial charge in [-0.3, -0.25) is 4.98 Å². The van der Waals surface area contributed by atoms with E-state index in [2.05, 4.69) is 11.9 Å². The molecule has 1 aromatic heterocycles. The van der Waals surface area contributed by atoms with E-state index < -0.39 is 0 Å². The minimum atomic E-state index is 0.0758. The number of hydrogen-bond acceptors (Lipinski definition) is 3. The molecule has 0 aliphatic carbocycles. The van der Waals surface area contributed by atoms with Gasteiger partial charge in [-0.1, -0.05) is 30.7 Å². The Labute approximate surface area is 112 Å². The van der Waals surface area contributed by atoms with Crippen LogP contribution in [-0.4, -0.2) is 4.98 Å². The number of aromatic nitrogens is 1. The molecule has 4 heteroatoms. The molecule has 0 bridgehead atoms. The summed E-state index contributed by atoms with van der Waals surface area (Å²) in [6.45, 7) is 2.06. The van der Waals surface area contributed by atoms with Crippen molar-refractivity contribution in [1.29, 1.82) is 0 Å².